The number of thiophene rings is 1. The molecule has 0 N–H and O–H groups in total. The number of carbonyl (C=O) groups excluding carboxylic acids is 1. The molecule has 0 aliphatic carbocycles. The number of aromatic nitrogens is 2. The summed E-state index contributed by atoms with van der Waals surface area (Å²) in [5, 5.41) is 1.79. The number of hydrogen-bond donors (Lipinski definition) is 0. The standard InChI is InChI=1S/C22H25N3O3S/c1-14-10-15(2)12-17(11-14)25-21(27)20-18(7-9-29-20)24(22(25)28)13-19(26)23-8-5-4-6-16(23)3/h7,9-12,16H,4-6,8,13H2,1-3H3/t16-/m0/s1. The summed E-state index contributed by atoms with van der Waals surface area (Å²) in [6.07, 6.45) is 3.09. The smallest absolute Gasteiger partial charge is 0.336 e. The molecule has 3 aromatic rings. The van der Waals surface area contributed by atoms with Crippen molar-refractivity contribution < 1.29 is 4.79 Å². The molecule has 6 nitrogen and oxygen atoms in total. The molecule has 1 aromatic carbocycles. The zero-order valence-corrected chi connectivity index (χ0v) is 17.8. The van der Waals surface area contributed by atoms with Crippen molar-refractivity contribution in [2.75, 3.05) is 6.54 Å². The third-order valence-electron chi connectivity index (χ3n) is 5.64. The minimum atomic E-state index is -0.469. The largest absolute Gasteiger partial charge is 0.338 e. The van der Waals surface area contributed by atoms with Gasteiger partial charge in [0.25, 0.3) is 5.56 Å². The topological polar surface area (TPSA) is 64.3 Å². The molecule has 0 spiro atoms. The summed E-state index contributed by atoms with van der Waals surface area (Å²) >= 11 is 1.30. The van der Waals surface area contributed by atoms with Crippen LogP contribution in [0.3, 0.4) is 0 Å². The molecule has 0 unspecified atom stereocenters. The third-order valence-corrected chi connectivity index (χ3v) is 6.53. The highest BCUT2D eigenvalue weighted by Gasteiger charge is 2.25. The van der Waals surface area contributed by atoms with Crippen LogP contribution in [0.1, 0.15) is 37.3 Å². The summed E-state index contributed by atoms with van der Waals surface area (Å²) in [5.41, 5.74) is 2.22. The van der Waals surface area contributed by atoms with Crippen molar-refractivity contribution in [1.29, 1.82) is 0 Å². The van der Waals surface area contributed by atoms with Crippen LogP contribution in [-0.4, -0.2) is 32.5 Å². The van der Waals surface area contributed by atoms with Gasteiger partial charge in [0.2, 0.25) is 5.91 Å². The second-order valence-corrected chi connectivity index (χ2v) is 8.84. The van der Waals surface area contributed by atoms with E-state index in [-0.39, 0.29) is 24.1 Å². The first-order valence-electron chi connectivity index (χ1n) is 9.98. The zero-order chi connectivity index (χ0) is 20.7. The molecule has 4 rings (SSSR count). The van der Waals surface area contributed by atoms with Gasteiger partial charge in [-0.2, -0.15) is 0 Å². The van der Waals surface area contributed by atoms with E-state index >= 15 is 0 Å². The lowest BCUT2D eigenvalue weighted by Crippen LogP contribution is -2.46. The maximum Gasteiger partial charge on any atom is 0.336 e. The summed E-state index contributed by atoms with van der Waals surface area (Å²) in [7, 11) is 0. The van der Waals surface area contributed by atoms with Gasteiger partial charge in [0.05, 0.1) is 11.2 Å². The van der Waals surface area contributed by atoms with E-state index < -0.39 is 5.69 Å². The van der Waals surface area contributed by atoms with E-state index in [0.29, 0.717) is 15.9 Å². The molecule has 1 aliphatic heterocycles. The lowest BCUT2D eigenvalue weighted by atomic mass is 10.0. The normalized spacial score (nSPS) is 17.1. The first kappa shape index (κ1) is 19.6. The number of carbonyl (C=O) groups is 1. The Morgan fingerprint density at radius 2 is 1.86 bits per heavy atom. The number of rotatable bonds is 3. The number of aryl methyl sites for hydroxylation is 2. The lowest BCUT2D eigenvalue weighted by Gasteiger charge is -2.33. The summed E-state index contributed by atoms with van der Waals surface area (Å²) in [6, 6.07) is 7.58. The Kier molecular flexibility index (Phi) is 5.17. The SMILES string of the molecule is Cc1cc(C)cc(-n2c(=O)c3sccc3n(CC(=O)N3CCCC[C@@H]3C)c2=O)c1. The fraction of sp³-hybridized carbons (Fsp3) is 0.409. The lowest BCUT2D eigenvalue weighted by molar-refractivity contribution is -0.135. The number of nitrogens with zero attached hydrogens (tertiary/aromatic N) is 3. The molecule has 1 saturated heterocycles. The Balaban J connectivity index is 1.86. The van der Waals surface area contributed by atoms with Crippen LogP contribution in [0.25, 0.3) is 15.9 Å². The number of likely N-dealkylation sites (tertiary alicyclic amines) is 1. The van der Waals surface area contributed by atoms with E-state index in [2.05, 4.69) is 6.92 Å². The molecule has 0 bridgehead atoms. The van der Waals surface area contributed by atoms with Crippen molar-refractivity contribution >= 4 is 27.5 Å². The Morgan fingerprint density at radius 3 is 2.55 bits per heavy atom. The fourth-order valence-corrected chi connectivity index (χ4v) is 5.07. The molecule has 1 fully saturated rings. The van der Waals surface area contributed by atoms with Gasteiger partial charge in [-0.3, -0.25) is 14.2 Å². The van der Waals surface area contributed by atoms with Gasteiger partial charge >= 0.3 is 5.69 Å². The molecule has 7 heteroatoms. The Bertz CT molecular complexity index is 1180. The predicted octanol–water partition coefficient (Wildman–Crippen LogP) is 3.23. The zero-order valence-electron chi connectivity index (χ0n) is 17.0. The van der Waals surface area contributed by atoms with Crippen molar-refractivity contribution in [1.82, 2.24) is 14.0 Å². The van der Waals surface area contributed by atoms with Crippen molar-refractivity contribution in [3.8, 4) is 5.69 Å². The van der Waals surface area contributed by atoms with E-state index in [0.717, 1.165) is 36.9 Å². The second kappa shape index (κ2) is 7.63. The molecule has 3 heterocycles. The first-order chi connectivity index (χ1) is 13.9. The molecule has 152 valence electrons. The highest BCUT2D eigenvalue weighted by atomic mass is 32.1. The average molecular weight is 412 g/mol. The molecule has 29 heavy (non-hydrogen) atoms. The van der Waals surface area contributed by atoms with Crippen LogP contribution in [0.4, 0.5) is 0 Å². The Hall–Kier alpha value is -2.67. The first-order valence-corrected chi connectivity index (χ1v) is 10.9. The van der Waals surface area contributed by atoms with Crippen molar-refractivity contribution in [3.63, 3.8) is 0 Å². The van der Waals surface area contributed by atoms with E-state index in [1.165, 1.54) is 20.5 Å². The van der Waals surface area contributed by atoms with E-state index in [1.54, 1.807) is 11.4 Å². The fourth-order valence-electron chi connectivity index (χ4n) is 4.24. The van der Waals surface area contributed by atoms with E-state index in [1.807, 2.05) is 36.9 Å². The molecule has 1 amide bonds. The predicted molar refractivity (Wildman–Crippen MR) is 116 cm³/mol. The minimum Gasteiger partial charge on any atom is -0.338 e. The summed E-state index contributed by atoms with van der Waals surface area (Å²) in [4.78, 5) is 41.4. The second-order valence-electron chi connectivity index (χ2n) is 7.92. The van der Waals surface area contributed by atoms with E-state index in [9.17, 15) is 14.4 Å². The molecule has 0 radical (unpaired) electrons. The van der Waals surface area contributed by atoms with Gasteiger partial charge in [-0.15, -0.1) is 11.3 Å². The third kappa shape index (κ3) is 3.55. The number of piperidine rings is 1. The van der Waals surface area contributed by atoms with Gasteiger partial charge in [-0.25, -0.2) is 9.36 Å². The number of benzene rings is 1. The Labute approximate surface area is 173 Å². The molecular weight excluding hydrogens is 386 g/mol. The Morgan fingerprint density at radius 1 is 1.14 bits per heavy atom. The van der Waals surface area contributed by atoms with Gasteiger partial charge in [-0.05, 0) is 74.7 Å². The van der Waals surface area contributed by atoms with Gasteiger partial charge in [0, 0.05) is 12.6 Å². The van der Waals surface area contributed by atoms with Crippen LogP contribution in [0.5, 0.6) is 0 Å². The molecular formula is C22H25N3O3S. The van der Waals surface area contributed by atoms with Crippen LogP contribution in [0.15, 0.2) is 39.2 Å². The maximum absolute atomic E-state index is 13.4. The van der Waals surface area contributed by atoms with Crippen LogP contribution in [-0.2, 0) is 11.3 Å². The number of amides is 1. The van der Waals surface area contributed by atoms with Gasteiger partial charge in [0.15, 0.2) is 0 Å². The highest BCUT2D eigenvalue weighted by molar-refractivity contribution is 7.17. The van der Waals surface area contributed by atoms with Crippen LogP contribution in [0, 0.1) is 13.8 Å². The van der Waals surface area contributed by atoms with Crippen LogP contribution >= 0.6 is 11.3 Å². The monoisotopic (exact) mass is 411 g/mol. The minimum absolute atomic E-state index is 0.0541. The van der Waals surface area contributed by atoms with Gasteiger partial charge in [-0.1, -0.05) is 6.07 Å². The van der Waals surface area contributed by atoms with Gasteiger partial charge < -0.3 is 4.90 Å². The quantitative estimate of drug-likeness (QED) is 0.665. The summed E-state index contributed by atoms with van der Waals surface area (Å²) in [6.45, 7) is 6.59. The van der Waals surface area contributed by atoms with Crippen LogP contribution < -0.4 is 11.2 Å². The van der Waals surface area contributed by atoms with Crippen LogP contribution in [0.2, 0.25) is 0 Å². The highest BCUT2D eigenvalue weighted by Crippen LogP contribution is 2.20. The average Bonchev–Trinajstić information content (AvgIpc) is 3.15. The van der Waals surface area contributed by atoms with E-state index in [4.69, 9.17) is 0 Å². The molecule has 1 atom stereocenters. The molecule has 0 saturated carbocycles. The van der Waals surface area contributed by atoms with Crippen molar-refractivity contribution in [2.45, 2.75) is 52.6 Å². The van der Waals surface area contributed by atoms with Gasteiger partial charge in [0.1, 0.15) is 11.2 Å². The number of hydrogen-bond acceptors (Lipinski definition) is 4. The maximum atomic E-state index is 13.4. The van der Waals surface area contributed by atoms with Crippen molar-refractivity contribution in [3.05, 3.63) is 61.6 Å². The molecule has 2 aromatic heterocycles. The van der Waals surface area contributed by atoms with Crippen molar-refractivity contribution in [2.24, 2.45) is 0 Å². The number of fused-ring (bicyclic) bond motifs is 1. The summed E-state index contributed by atoms with van der Waals surface area (Å²) in [5.74, 6) is -0.0718. The summed E-state index contributed by atoms with van der Waals surface area (Å²) < 4.78 is 3.14. The molecule has 1 aliphatic rings.